The Morgan fingerprint density at radius 2 is 2.12 bits per heavy atom. The molecule has 0 aliphatic carbocycles. The summed E-state index contributed by atoms with van der Waals surface area (Å²) in [4.78, 5) is 2.19. The third-order valence-electron chi connectivity index (χ3n) is 4.09. The van der Waals surface area contributed by atoms with Gasteiger partial charge in [-0.15, -0.1) is 0 Å². The van der Waals surface area contributed by atoms with Crippen LogP contribution in [0.1, 0.15) is 13.8 Å². The molecular weight excluding hydrogens is 326 g/mol. The lowest BCUT2D eigenvalue weighted by Crippen LogP contribution is -2.48. The van der Waals surface area contributed by atoms with Crippen LogP contribution in [0.25, 0.3) is 0 Å². The Labute approximate surface area is 148 Å². The van der Waals surface area contributed by atoms with E-state index in [1.165, 1.54) is 0 Å². The third-order valence-corrected chi connectivity index (χ3v) is 4.09. The van der Waals surface area contributed by atoms with Crippen LogP contribution < -0.4 is 14.2 Å². The smallest absolute Gasteiger partial charge is 0.231 e. The van der Waals surface area contributed by atoms with Gasteiger partial charge in [-0.1, -0.05) is 0 Å². The molecule has 140 valence electrons. The predicted molar refractivity (Wildman–Crippen MR) is 91.3 cm³/mol. The molecule has 2 unspecified atom stereocenters. The van der Waals surface area contributed by atoms with E-state index in [9.17, 15) is 5.11 Å². The van der Waals surface area contributed by atoms with Crippen molar-refractivity contribution in [3.05, 3.63) is 18.2 Å². The standard InChI is InChI=1S/C18H27NO6/c1-13(2)22-10-14(20)8-19-5-6-21-16(9-19)11-23-15-3-4-17-18(7-15)25-12-24-17/h3-4,7,13-14,16,20H,5-6,8-12H2,1-2H3. The number of hydrogen-bond acceptors (Lipinski definition) is 7. The maximum atomic E-state index is 10.1. The molecule has 1 saturated heterocycles. The molecule has 0 aromatic heterocycles. The van der Waals surface area contributed by atoms with Crippen molar-refractivity contribution in [3.63, 3.8) is 0 Å². The van der Waals surface area contributed by atoms with E-state index in [1.807, 2.05) is 32.0 Å². The van der Waals surface area contributed by atoms with E-state index >= 15 is 0 Å². The number of aliphatic hydroxyl groups is 1. The van der Waals surface area contributed by atoms with E-state index in [1.54, 1.807) is 0 Å². The van der Waals surface area contributed by atoms with E-state index in [-0.39, 0.29) is 19.0 Å². The zero-order chi connectivity index (χ0) is 17.6. The maximum absolute atomic E-state index is 10.1. The van der Waals surface area contributed by atoms with Crippen LogP contribution in [-0.4, -0.2) is 74.6 Å². The van der Waals surface area contributed by atoms with Gasteiger partial charge in [0, 0.05) is 25.7 Å². The molecule has 0 bridgehead atoms. The minimum atomic E-state index is -0.490. The number of β-amino-alcohol motifs (C(OH)–C–C–N with tert-alkyl or cyclic N) is 1. The molecule has 1 fully saturated rings. The second-order valence-electron chi connectivity index (χ2n) is 6.61. The van der Waals surface area contributed by atoms with Crippen LogP contribution in [0.5, 0.6) is 17.2 Å². The van der Waals surface area contributed by atoms with Crippen LogP contribution >= 0.6 is 0 Å². The molecule has 0 radical (unpaired) electrons. The lowest BCUT2D eigenvalue weighted by Gasteiger charge is -2.34. The Hall–Kier alpha value is -1.54. The van der Waals surface area contributed by atoms with Crippen molar-refractivity contribution in [2.45, 2.75) is 32.2 Å². The Balaban J connectivity index is 1.42. The predicted octanol–water partition coefficient (Wildman–Crippen LogP) is 1.28. The SMILES string of the molecule is CC(C)OCC(O)CN1CCOC(COc2ccc3c(c2)OCO3)C1. The van der Waals surface area contributed by atoms with Gasteiger partial charge < -0.3 is 28.8 Å². The van der Waals surface area contributed by atoms with Crippen LogP contribution in [0.2, 0.25) is 0 Å². The molecule has 0 amide bonds. The van der Waals surface area contributed by atoms with Gasteiger partial charge in [-0.25, -0.2) is 0 Å². The van der Waals surface area contributed by atoms with Crippen molar-refractivity contribution in [2.24, 2.45) is 0 Å². The summed E-state index contributed by atoms with van der Waals surface area (Å²) in [5.41, 5.74) is 0. The Kier molecular flexibility index (Phi) is 6.36. The lowest BCUT2D eigenvalue weighted by atomic mass is 10.2. The van der Waals surface area contributed by atoms with E-state index in [2.05, 4.69) is 4.90 Å². The molecule has 0 spiro atoms. The fraction of sp³-hybridized carbons (Fsp3) is 0.667. The van der Waals surface area contributed by atoms with Gasteiger partial charge in [-0.2, -0.15) is 0 Å². The number of fused-ring (bicyclic) bond motifs is 1. The first-order chi connectivity index (χ1) is 12.1. The molecule has 1 N–H and O–H groups in total. The van der Waals surface area contributed by atoms with Gasteiger partial charge in [0.15, 0.2) is 11.5 Å². The first-order valence-electron chi connectivity index (χ1n) is 8.76. The molecule has 7 nitrogen and oxygen atoms in total. The molecule has 1 aromatic rings. The summed E-state index contributed by atoms with van der Waals surface area (Å²) in [7, 11) is 0. The molecule has 1 aromatic carbocycles. The molecule has 2 aliphatic heterocycles. The van der Waals surface area contributed by atoms with Crippen molar-refractivity contribution < 1.29 is 28.8 Å². The molecule has 2 atom stereocenters. The highest BCUT2D eigenvalue weighted by Crippen LogP contribution is 2.35. The molecule has 2 heterocycles. The highest BCUT2D eigenvalue weighted by Gasteiger charge is 2.23. The zero-order valence-corrected chi connectivity index (χ0v) is 14.8. The monoisotopic (exact) mass is 353 g/mol. The summed E-state index contributed by atoms with van der Waals surface area (Å²) in [5, 5.41) is 10.1. The van der Waals surface area contributed by atoms with Gasteiger partial charge in [0.1, 0.15) is 18.5 Å². The van der Waals surface area contributed by atoms with E-state index in [4.69, 9.17) is 23.7 Å². The average molecular weight is 353 g/mol. The number of aliphatic hydroxyl groups excluding tert-OH is 1. The fourth-order valence-corrected chi connectivity index (χ4v) is 2.86. The number of rotatable bonds is 8. The minimum absolute atomic E-state index is 0.0302. The van der Waals surface area contributed by atoms with Crippen molar-refractivity contribution in [3.8, 4) is 17.2 Å². The van der Waals surface area contributed by atoms with E-state index in [0.29, 0.717) is 32.1 Å². The summed E-state index contributed by atoms with van der Waals surface area (Å²) >= 11 is 0. The van der Waals surface area contributed by atoms with Crippen LogP contribution in [0, 0.1) is 0 Å². The first kappa shape index (κ1) is 18.3. The average Bonchev–Trinajstić information content (AvgIpc) is 3.06. The molecular formula is C18H27NO6. The number of ether oxygens (including phenoxy) is 5. The largest absolute Gasteiger partial charge is 0.491 e. The summed E-state index contributed by atoms with van der Waals surface area (Å²) in [6, 6.07) is 5.54. The van der Waals surface area contributed by atoms with Gasteiger partial charge in [0.05, 0.1) is 25.4 Å². The van der Waals surface area contributed by atoms with Gasteiger partial charge in [-0.3, -0.25) is 4.90 Å². The summed E-state index contributed by atoms with van der Waals surface area (Å²) in [5.74, 6) is 2.18. The molecule has 2 aliphatic rings. The lowest BCUT2D eigenvalue weighted by molar-refractivity contribution is -0.0680. The molecule has 3 rings (SSSR count). The molecule has 7 heteroatoms. The van der Waals surface area contributed by atoms with Crippen molar-refractivity contribution >= 4 is 0 Å². The highest BCUT2D eigenvalue weighted by molar-refractivity contribution is 5.46. The Bertz CT molecular complexity index is 552. The van der Waals surface area contributed by atoms with Crippen LogP contribution in [0.15, 0.2) is 18.2 Å². The quantitative estimate of drug-likeness (QED) is 0.755. The Morgan fingerprint density at radius 1 is 1.28 bits per heavy atom. The molecule has 0 saturated carbocycles. The van der Waals surface area contributed by atoms with Crippen LogP contribution in [0.3, 0.4) is 0 Å². The Morgan fingerprint density at radius 3 is 2.96 bits per heavy atom. The van der Waals surface area contributed by atoms with Gasteiger partial charge >= 0.3 is 0 Å². The second-order valence-corrected chi connectivity index (χ2v) is 6.61. The highest BCUT2D eigenvalue weighted by atomic mass is 16.7. The van der Waals surface area contributed by atoms with Crippen molar-refractivity contribution in [1.82, 2.24) is 4.90 Å². The number of hydrogen-bond donors (Lipinski definition) is 1. The van der Waals surface area contributed by atoms with Crippen LogP contribution in [0.4, 0.5) is 0 Å². The minimum Gasteiger partial charge on any atom is -0.491 e. The van der Waals surface area contributed by atoms with Gasteiger partial charge in [0.2, 0.25) is 6.79 Å². The van der Waals surface area contributed by atoms with Gasteiger partial charge in [0.25, 0.3) is 0 Å². The number of benzene rings is 1. The second kappa shape index (κ2) is 8.71. The van der Waals surface area contributed by atoms with E-state index < -0.39 is 6.10 Å². The van der Waals surface area contributed by atoms with Crippen molar-refractivity contribution in [1.29, 1.82) is 0 Å². The summed E-state index contributed by atoms with van der Waals surface area (Å²) in [6.07, 6.45) is -0.393. The summed E-state index contributed by atoms with van der Waals surface area (Å²) < 4.78 is 27.7. The maximum Gasteiger partial charge on any atom is 0.231 e. The third kappa shape index (κ3) is 5.47. The fourth-order valence-electron chi connectivity index (χ4n) is 2.86. The van der Waals surface area contributed by atoms with Gasteiger partial charge in [-0.05, 0) is 26.0 Å². The van der Waals surface area contributed by atoms with Crippen LogP contribution in [-0.2, 0) is 9.47 Å². The molecule has 25 heavy (non-hydrogen) atoms. The topological polar surface area (TPSA) is 69.6 Å². The number of nitrogens with zero attached hydrogens (tertiary/aromatic N) is 1. The zero-order valence-electron chi connectivity index (χ0n) is 14.8. The first-order valence-corrected chi connectivity index (χ1v) is 8.76. The summed E-state index contributed by atoms with van der Waals surface area (Å²) in [6.45, 7) is 7.73. The van der Waals surface area contributed by atoms with E-state index in [0.717, 1.165) is 24.6 Å². The number of morpholine rings is 1. The normalized spacial score (nSPS) is 21.5. The van der Waals surface area contributed by atoms with Crippen molar-refractivity contribution in [2.75, 3.05) is 46.2 Å².